The smallest absolute Gasteiger partial charge is 0.126 e. The van der Waals surface area contributed by atoms with Crippen LogP contribution < -0.4 is 5.32 Å². The predicted molar refractivity (Wildman–Crippen MR) is 91.7 cm³/mol. The van der Waals surface area contributed by atoms with Crippen LogP contribution in [-0.4, -0.2) is 41.0 Å². The van der Waals surface area contributed by atoms with Gasteiger partial charge in [0.2, 0.25) is 0 Å². The molecule has 0 radical (unpaired) electrons. The summed E-state index contributed by atoms with van der Waals surface area (Å²) < 4.78 is 7.52. The number of aliphatic hydroxyl groups excluding tert-OH is 1. The van der Waals surface area contributed by atoms with E-state index in [0.29, 0.717) is 5.02 Å². The highest BCUT2D eigenvalue weighted by Crippen LogP contribution is 2.30. The lowest BCUT2D eigenvalue weighted by molar-refractivity contribution is -0.0164. The van der Waals surface area contributed by atoms with Gasteiger partial charge in [-0.05, 0) is 38.0 Å². The minimum absolute atomic E-state index is 0.0829. The number of nitrogens with zero attached hydrogens (tertiary/aromatic N) is 2. The summed E-state index contributed by atoms with van der Waals surface area (Å²) in [4.78, 5) is 4.71. The molecule has 1 unspecified atom stereocenters. The third-order valence-corrected chi connectivity index (χ3v) is 5.17. The van der Waals surface area contributed by atoms with Crippen LogP contribution in [0.3, 0.4) is 0 Å². The first kappa shape index (κ1) is 16.7. The molecule has 1 saturated heterocycles. The van der Waals surface area contributed by atoms with Gasteiger partial charge in [0.1, 0.15) is 5.82 Å². The number of ether oxygens (including phenoxy) is 1. The molecule has 6 heteroatoms. The molecule has 1 aromatic heterocycles. The van der Waals surface area contributed by atoms with Crippen LogP contribution in [0, 0.1) is 5.41 Å². The van der Waals surface area contributed by atoms with E-state index in [1.165, 1.54) is 0 Å². The molecule has 0 spiro atoms. The van der Waals surface area contributed by atoms with Crippen molar-refractivity contribution in [1.82, 2.24) is 14.9 Å². The van der Waals surface area contributed by atoms with E-state index in [1.54, 1.807) is 0 Å². The second-order valence-corrected chi connectivity index (χ2v) is 6.97. The Morgan fingerprint density at radius 1 is 1.43 bits per heavy atom. The molecular formula is C17H24ClN3O2. The second kappa shape index (κ2) is 6.77. The highest BCUT2D eigenvalue weighted by molar-refractivity contribution is 6.31. The molecule has 1 aliphatic heterocycles. The summed E-state index contributed by atoms with van der Waals surface area (Å²) in [5.41, 5.74) is 1.90. The van der Waals surface area contributed by atoms with Crippen LogP contribution in [0.2, 0.25) is 5.02 Å². The number of hydrogen-bond donors (Lipinski definition) is 2. The zero-order chi connectivity index (χ0) is 16.4. The van der Waals surface area contributed by atoms with Crippen LogP contribution in [0.5, 0.6) is 0 Å². The minimum atomic E-state index is -0.0829. The quantitative estimate of drug-likeness (QED) is 0.880. The van der Waals surface area contributed by atoms with Gasteiger partial charge in [-0.3, -0.25) is 0 Å². The minimum Gasteiger partial charge on any atom is -0.396 e. The fourth-order valence-corrected chi connectivity index (χ4v) is 3.40. The number of aryl methyl sites for hydroxylation is 1. The van der Waals surface area contributed by atoms with E-state index in [-0.39, 0.29) is 18.1 Å². The number of halogens is 1. The van der Waals surface area contributed by atoms with E-state index in [0.717, 1.165) is 49.5 Å². The van der Waals surface area contributed by atoms with Crippen molar-refractivity contribution < 1.29 is 9.84 Å². The van der Waals surface area contributed by atoms with Crippen LogP contribution in [0.4, 0.5) is 0 Å². The van der Waals surface area contributed by atoms with E-state index in [4.69, 9.17) is 21.3 Å². The monoisotopic (exact) mass is 337 g/mol. The topological polar surface area (TPSA) is 59.3 Å². The van der Waals surface area contributed by atoms with Gasteiger partial charge in [0.05, 0.1) is 23.7 Å². The molecule has 1 aliphatic rings. The molecule has 126 valence electrons. The van der Waals surface area contributed by atoms with Gasteiger partial charge in [0.15, 0.2) is 0 Å². The highest BCUT2D eigenvalue weighted by atomic mass is 35.5. The van der Waals surface area contributed by atoms with Crippen molar-refractivity contribution >= 4 is 22.6 Å². The first-order valence-corrected chi connectivity index (χ1v) is 8.46. The van der Waals surface area contributed by atoms with Crippen molar-refractivity contribution in [3.05, 3.63) is 29.0 Å². The fourth-order valence-electron chi connectivity index (χ4n) is 3.23. The summed E-state index contributed by atoms with van der Waals surface area (Å²) in [6, 6.07) is 5.86. The first-order chi connectivity index (χ1) is 11.0. The van der Waals surface area contributed by atoms with Crippen LogP contribution in [0.25, 0.3) is 11.0 Å². The van der Waals surface area contributed by atoms with Gasteiger partial charge in [-0.2, -0.15) is 0 Å². The van der Waals surface area contributed by atoms with Crippen LogP contribution in [0.15, 0.2) is 18.2 Å². The number of fused-ring (bicyclic) bond motifs is 1. The molecule has 3 rings (SSSR count). The standard InChI is InChI=1S/C17H24ClN3O2/c1-12(19-10-17(11-22)5-7-23-8-6-17)16-20-14-9-13(18)3-4-15(14)21(16)2/h3-4,9,12,19,22H,5-8,10-11H2,1-2H3. The molecule has 2 N–H and O–H groups in total. The maximum atomic E-state index is 9.79. The second-order valence-electron chi connectivity index (χ2n) is 6.54. The van der Waals surface area contributed by atoms with Crippen molar-refractivity contribution in [3.63, 3.8) is 0 Å². The van der Waals surface area contributed by atoms with Crippen LogP contribution in [-0.2, 0) is 11.8 Å². The van der Waals surface area contributed by atoms with Gasteiger partial charge in [0.25, 0.3) is 0 Å². The SMILES string of the molecule is CC(NCC1(CO)CCOCC1)c1nc2cc(Cl)ccc2n1C. The van der Waals surface area contributed by atoms with Gasteiger partial charge in [-0.25, -0.2) is 4.98 Å². The summed E-state index contributed by atoms with van der Waals surface area (Å²) in [5.74, 6) is 0.974. The van der Waals surface area contributed by atoms with Gasteiger partial charge in [-0.1, -0.05) is 11.6 Å². The lowest BCUT2D eigenvalue weighted by Gasteiger charge is -2.36. The van der Waals surface area contributed by atoms with Crippen molar-refractivity contribution in [3.8, 4) is 0 Å². The Bertz CT molecular complexity index is 680. The third kappa shape index (κ3) is 3.38. The Morgan fingerprint density at radius 3 is 2.87 bits per heavy atom. The maximum Gasteiger partial charge on any atom is 0.126 e. The average molecular weight is 338 g/mol. The first-order valence-electron chi connectivity index (χ1n) is 8.08. The zero-order valence-electron chi connectivity index (χ0n) is 13.7. The molecular weight excluding hydrogens is 314 g/mol. The molecule has 0 amide bonds. The summed E-state index contributed by atoms with van der Waals surface area (Å²) in [7, 11) is 2.02. The van der Waals surface area contributed by atoms with Gasteiger partial charge >= 0.3 is 0 Å². The van der Waals surface area contributed by atoms with Gasteiger partial charge < -0.3 is 19.7 Å². The fraction of sp³-hybridized carbons (Fsp3) is 0.588. The maximum absolute atomic E-state index is 9.79. The molecule has 0 bridgehead atoms. The average Bonchev–Trinajstić information content (AvgIpc) is 2.89. The van der Waals surface area contributed by atoms with Gasteiger partial charge in [0, 0.05) is 37.2 Å². The summed E-state index contributed by atoms with van der Waals surface area (Å²) in [6.45, 7) is 4.50. The van der Waals surface area contributed by atoms with E-state index < -0.39 is 0 Å². The largest absolute Gasteiger partial charge is 0.396 e. The van der Waals surface area contributed by atoms with Crippen molar-refractivity contribution in [1.29, 1.82) is 0 Å². The third-order valence-electron chi connectivity index (χ3n) is 4.94. The Balaban J connectivity index is 1.75. The lowest BCUT2D eigenvalue weighted by atomic mass is 9.81. The molecule has 1 fully saturated rings. The number of aromatic nitrogens is 2. The number of hydrogen-bond acceptors (Lipinski definition) is 4. The van der Waals surface area contributed by atoms with E-state index in [1.807, 2.05) is 25.2 Å². The Kier molecular flexibility index (Phi) is 4.92. The van der Waals surface area contributed by atoms with Crippen molar-refractivity contribution in [2.24, 2.45) is 12.5 Å². The normalized spacial score (nSPS) is 19.1. The summed E-state index contributed by atoms with van der Waals surface area (Å²) >= 11 is 6.06. The number of imidazole rings is 1. The Labute approximate surface area is 141 Å². The molecule has 5 nitrogen and oxygen atoms in total. The van der Waals surface area contributed by atoms with Gasteiger partial charge in [-0.15, -0.1) is 0 Å². The van der Waals surface area contributed by atoms with E-state index in [2.05, 4.69) is 16.8 Å². The van der Waals surface area contributed by atoms with Crippen molar-refractivity contribution in [2.75, 3.05) is 26.4 Å². The molecule has 0 aliphatic carbocycles. The van der Waals surface area contributed by atoms with E-state index >= 15 is 0 Å². The lowest BCUT2D eigenvalue weighted by Crippen LogP contribution is -2.42. The molecule has 2 aromatic rings. The predicted octanol–water partition coefficient (Wildman–Crippen LogP) is 2.67. The molecule has 0 saturated carbocycles. The molecule has 1 aromatic carbocycles. The van der Waals surface area contributed by atoms with Crippen molar-refractivity contribution in [2.45, 2.75) is 25.8 Å². The molecule has 2 heterocycles. The number of aliphatic hydroxyl groups is 1. The Hall–Kier alpha value is -1.14. The number of nitrogens with one attached hydrogen (secondary N) is 1. The zero-order valence-corrected chi connectivity index (χ0v) is 14.4. The summed E-state index contributed by atoms with van der Waals surface area (Å²) in [5, 5.41) is 14.0. The molecule has 23 heavy (non-hydrogen) atoms. The van der Waals surface area contributed by atoms with E-state index in [9.17, 15) is 5.11 Å². The summed E-state index contributed by atoms with van der Waals surface area (Å²) in [6.07, 6.45) is 1.78. The number of benzene rings is 1. The highest BCUT2D eigenvalue weighted by Gasteiger charge is 2.32. The number of rotatable bonds is 5. The Morgan fingerprint density at radius 2 is 2.17 bits per heavy atom. The molecule has 1 atom stereocenters. The van der Waals surface area contributed by atoms with Crippen LogP contribution >= 0.6 is 11.6 Å². The van der Waals surface area contributed by atoms with Crippen LogP contribution in [0.1, 0.15) is 31.6 Å².